The van der Waals surface area contributed by atoms with Gasteiger partial charge < -0.3 is 10.6 Å². The van der Waals surface area contributed by atoms with E-state index in [1.807, 2.05) is 13.0 Å². The Balaban J connectivity index is 1.80. The zero-order chi connectivity index (χ0) is 18.1. The Morgan fingerprint density at radius 2 is 2.16 bits per heavy atom. The van der Waals surface area contributed by atoms with Crippen LogP contribution in [0.5, 0.6) is 0 Å². The predicted molar refractivity (Wildman–Crippen MR) is 104 cm³/mol. The number of hydrogen-bond donors (Lipinski definition) is 2. The van der Waals surface area contributed by atoms with Crippen molar-refractivity contribution in [1.29, 1.82) is 0 Å². The number of aryl methyl sites for hydroxylation is 1. The summed E-state index contributed by atoms with van der Waals surface area (Å²) in [6.07, 6.45) is 1.76. The van der Waals surface area contributed by atoms with Crippen LogP contribution in [0.25, 0.3) is 0 Å². The fourth-order valence-corrected chi connectivity index (χ4v) is 3.22. The van der Waals surface area contributed by atoms with Gasteiger partial charge in [-0.2, -0.15) is 0 Å². The summed E-state index contributed by atoms with van der Waals surface area (Å²) in [4.78, 5) is 9.20. The Hall–Kier alpha value is -1.95. The summed E-state index contributed by atoms with van der Waals surface area (Å²) in [5, 5.41) is 9.71. The first-order valence-electron chi connectivity index (χ1n) is 8.79. The Labute approximate surface area is 153 Å². The zero-order valence-electron chi connectivity index (χ0n) is 15.2. The van der Waals surface area contributed by atoms with Crippen molar-refractivity contribution in [2.75, 3.05) is 13.1 Å². The number of rotatable bonds is 8. The Morgan fingerprint density at radius 3 is 2.84 bits per heavy atom. The van der Waals surface area contributed by atoms with Gasteiger partial charge in [0.1, 0.15) is 10.8 Å². The highest BCUT2D eigenvalue weighted by molar-refractivity contribution is 7.09. The van der Waals surface area contributed by atoms with Crippen LogP contribution in [0.4, 0.5) is 4.39 Å². The zero-order valence-corrected chi connectivity index (χ0v) is 16.0. The van der Waals surface area contributed by atoms with E-state index in [1.54, 1.807) is 23.5 Å². The molecule has 0 radical (unpaired) electrons. The van der Waals surface area contributed by atoms with Crippen LogP contribution in [-0.4, -0.2) is 24.0 Å². The normalized spacial score (nSPS) is 11.8. The molecular formula is C19H27FN4S. The lowest BCUT2D eigenvalue weighted by molar-refractivity contribution is 0.624. The fraction of sp³-hybridized carbons (Fsp3) is 0.474. The number of halogens is 1. The quantitative estimate of drug-likeness (QED) is 0.422. The van der Waals surface area contributed by atoms with Gasteiger partial charge in [0.25, 0.3) is 0 Å². The molecule has 4 nitrogen and oxygen atoms in total. The molecule has 0 bridgehead atoms. The molecule has 0 aliphatic heterocycles. The van der Waals surface area contributed by atoms with Crippen molar-refractivity contribution in [1.82, 2.24) is 15.6 Å². The maximum absolute atomic E-state index is 13.2. The van der Waals surface area contributed by atoms with Crippen molar-refractivity contribution >= 4 is 17.3 Å². The van der Waals surface area contributed by atoms with E-state index in [0.717, 1.165) is 48.2 Å². The lowest BCUT2D eigenvalue weighted by Gasteiger charge is -2.11. The Morgan fingerprint density at radius 1 is 1.32 bits per heavy atom. The van der Waals surface area contributed by atoms with Crippen molar-refractivity contribution in [3.8, 4) is 0 Å². The minimum Gasteiger partial charge on any atom is -0.357 e. The maximum atomic E-state index is 13.2. The molecule has 1 aromatic carbocycles. The lowest BCUT2D eigenvalue weighted by atomic mass is 10.1. The van der Waals surface area contributed by atoms with Crippen LogP contribution in [0.15, 0.2) is 34.6 Å². The third kappa shape index (κ3) is 6.82. The molecule has 2 aromatic rings. The van der Waals surface area contributed by atoms with Gasteiger partial charge in [-0.05, 0) is 43.4 Å². The highest BCUT2D eigenvalue weighted by atomic mass is 32.1. The van der Waals surface area contributed by atoms with Gasteiger partial charge in [-0.1, -0.05) is 26.0 Å². The second-order valence-corrected chi connectivity index (χ2v) is 7.12. The smallest absolute Gasteiger partial charge is 0.191 e. The number of nitrogens with zero attached hydrogens (tertiary/aromatic N) is 2. The van der Waals surface area contributed by atoms with Gasteiger partial charge in [-0.15, -0.1) is 11.3 Å². The van der Waals surface area contributed by atoms with Crippen LogP contribution in [0.3, 0.4) is 0 Å². The van der Waals surface area contributed by atoms with Gasteiger partial charge in [-0.3, -0.25) is 0 Å². The molecular weight excluding hydrogens is 335 g/mol. The highest BCUT2D eigenvalue weighted by Crippen LogP contribution is 2.18. The lowest BCUT2D eigenvalue weighted by Crippen LogP contribution is -2.37. The number of aliphatic imine (C=N–C) groups is 1. The molecule has 1 heterocycles. The molecule has 1 aromatic heterocycles. The van der Waals surface area contributed by atoms with Gasteiger partial charge in [0.05, 0.1) is 12.2 Å². The molecule has 0 fully saturated rings. The highest BCUT2D eigenvalue weighted by Gasteiger charge is 2.05. The summed E-state index contributed by atoms with van der Waals surface area (Å²) in [6, 6.07) is 6.77. The largest absolute Gasteiger partial charge is 0.357 e. The summed E-state index contributed by atoms with van der Waals surface area (Å²) < 4.78 is 13.2. The Bertz CT molecular complexity index is 682. The van der Waals surface area contributed by atoms with Crippen LogP contribution < -0.4 is 10.6 Å². The number of nitrogens with one attached hydrogen (secondary N) is 2. The topological polar surface area (TPSA) is 49.3 Å². The molecule has 136 valence electrons. The second kappa shape index (κ2) is 10.1. The average Bonchev–Trinajstić information content (AvgIpc) is 3.06. The van der Waals surface area contributed by atoms with Gasteiger partial charge in [-0.25, -0.2) is 14.4 Å². The molecule has 2 rings (SSSR count). The molecule has 0 spiro atoms. The first-order valence-corrected chi connectivity index (χ1v) is 9.67. The molecule has 0 aliphatic carbocycles. The van der Waals surface area contributed by atoms with E-state index in [9.17, 15) is 4.39 Å². The van der Waals surface area contributed by atoms with Crippen LogP contribution in [-0.2, 0) is 13.0 Å². The SMILES string of the molecule is CCNC(=NCc1nc(C(C)C)cs1)NCCCc1cccc(F)c1. The number of hydrogen-bond acceptors (Lipinski definition) is 3. The number of thiazole rings is 1. The molecule has 25 heavy (non-hydrogen) atoms. The van der Waals surface area contributed by atoms with Crippen molar-refractivity contribution in [2.24, 2.45) is 4.99 Å². The fourth-order valence-electron chi connectivity index (χ4n) is 2.34. The minimum absolute atomic E-state index is 0.176. The Kier molecular flexibility index (Phi) is 7.85. The molecule has 0 saturated heterocycles. The van der Waals surface area contributed by atoms with Crippen molar-refractivity contribution in [2.45, 2.75) is 46.1 Å². The van der Waals surface area contributed by atoms with E-state index in [2.05, 4.69) is 39.8 Å². The third-order valence-corrected chi connectivity index (χ3v) is 4.55. The van der Waals surface area contributed by atoms with Gasteiger partial charge in [0.2, 0.25) is 0 Å². The third-order valence-electron chi connectivity index (χ3n) is 3.70. The van der Waals surface area contributed by atoms with E-state index >= 15 is 0 Å². The number of benzene rings is 1. The summed E-state index contributed by atoms with van der Waals surface area (Å²) in [6.45, 7) is 8.52. The van der Waals surface area contributed by atoms with Crippen molar-refractivity contribution < 1.29 is 4.39 Å². The number of guanidine groups is 1. The minimum atomic E-state index is -0.176. The van der Waals surface area contributed by atoms with Crippen LogP contribution >= 0.6 is 11.3 Å². The molecule has 2 N–H and O–H groups in total. The molecule has 0 amide bonds. The van der Waals surface area contributed by atoms with Crippen LogP contribution in [0.1, 0.15) is 49.4 Å². The molecule has 0 aliphatic rings. The first-order chi connectivity index (χ1) is 12.1. The van der Waals surface area contributed by atoms with E-state index < -0.39 is 0 Å². The van der Waals surface area contributed by atoms with Crippen molar-refractivity contribution in [3.63, 3.8) is 0 Å². The van der Waals surface area contributed by atoms with E-state index in [1.165, 1.54) is 6.07 Å². The molecule has 0 saturated carbocycles. The molecule has 0 unspecified atom stereocenters. The van der Waals surface area contributed by atoms with Crippen molar-refractivity contribution in [3.05, 3.63) is 51.7 Å². The molecule has 6 heteroatoms. The van der Waals surface area contributed by atoms with E-state index in [-0.39, 0.29) is 5.82 Å². The molecule has 0 atom stereocenters. The predicted octanol–water partition coefficient (Wildman–Crippen LogP) is 4.09. The monoisotopic (exact) mass is 362 g/mol. The standard InChI is InChI=1S/C19H27FN4S/c1-4-21-19(23-12-18-24-17(13-25-18)14(2)3)22-10-6-8-15-7-5-9-16(20)11-15/h5,7,9,11,13-14H,4,6,8,10,12H2,1-3H3,(H2,21,22,23). The van der Waals surface area contributed by atoms with Gasteiger partial charge in [0, 0.05) is 18.5 Å². The summed E-state index contributed by atoms with van der Waals surface area (Å²) in [7, 11) is 0. The first kappa shape index (κ1) is 19.4. The summed E-state index contributed by atoms with van der Waals surface area (Å²) in [5.41, 5.74) is 2.15. The van der Waals surface area contributed by atoms with E-state index in [4.69, 9.17) is 0 Å². The van der Waals surface area contributed by atoms with Crippen LogP contribution in [0, 0.1) is 5.82 Å². The summed E-state index contributed by atoms with van der Waals surface area (Å²) in [5.74, 6) is 1.07. The average molecular weight is 363 g/mol. The van der Waals surface area contributed by atoms with Gasteiger partial charge in [0.15, 0.2) is 5.96 Å². The summed E-state index contributed by atoms with van der Waals surface area (Å²) >= 11 is 1.66. The number of aromatic nitrogens is 1. The van der Waals surface area contributed by atoms with Crippen LogP contribution in [0.2, 0.25) is 0 Å². The van der Waals surface area contributed by atoms with Gasteiger partial charge >= 0.3 is 0 Å². The van der Waals surface area contributed by atoms with E-state index in [0.29, 0.717) is 12.5 Å². The maximum Gasteiger partial charge on any atom is 0.191 e. The second-order valence-electron chi connectivity index (χ2n) is 6.18.